The second-order valence-corrected chi connectivity index (χ2v) is 7.50. The maximum Gasteiger partial charge on any atom is 0.155 e. The van der Waals surface area contributed by atoms with Gasteiger partial charge in [0.2, 0.25) is 0 Å². The Labute approximate surface area is 158 Å². The largest absolute Gasteiger partial charge is 0.356 e. The van der Waals surface area contributed by atoms with Gasteiger partial charge in [0.25, 0.3) is 0 Å². The van der Waals surface area contributed by atoms with Crippen molar-refractivity contribution < 1.29 is 0 Å². The molecule has 1 aliphatic carbocycles. The number of aryl methyl sites for hydroxylation is 1. The van der Waals surface area contributed by atoms with Gasteiger partial charge in [0.05, 0.1) is 0 Å². The summed E-state index contributed by atoms with van der Waals surface area (Å²) < 4.78 is 4.32. The number of nitrogens with zero attached hydrogens (tertiary/aromatic N) is 8. The maximum absolute atomic E-state index is 4.62. The van der Waals surface area contributed by atoms with Crippen LogP contribution in [0.3, 0.4) is 0 Å². The highest BCUT2D eigenvalue weighted by atomic mass is 15.3. The van der Waals surface area contributed by atoms with E-state index in [4.69, 9.17) is 0 Å². The van der Waals surface area contributed by atoms with E-state index in [0.29, 0.717) is 18.5 Å². The molecule has 0 spiro atoms. The fourth-order valence-corrected chi connectivity index (χ4v) is 3.98. The van der Waals surface area contributed by atoms with E-state index in [-0.39, 0.29) is 0 Å². The third-order valence-electron chi connectivity index (χ3n) is 5.51. The third kappa shape index (κ3) is 3.31. The Balaban J connectivity index is 1.33. The van der Waals surface area contributed by atoms with E-state index in [9.17, 15) is 0 Å². The van der Waals surface area contributed by atoms with Gasteiger partial charge < -0.3 is 9.47 Å². The van der Waals surface area contributed by atoms with Gasteiger partial charge in [-0.15, -0.1) is 10.2 Å². The molecule has 8 nitrogen and oxygen atoms in total. The number of rotatable bonds is 5. The Hall–Kier alpha value is -2.77. The predicted molar refractivity (Wildman–Crippen MR) is 101 cm³/mol. The predicted octanol–water partition coefficient (Wildman–Crippen LogP) is 2.34. The molecule has 3 aromatic heterocycles. The second kappa shape index (κ2) is 6.75. The fraction of sp³-hybridized carbons (Fsp3) is 0.526. The number of aromatic nitrogens is 7. The van der Waals surface area contributed by atoms with Gasteiger partial charge in [0.15, 0.2) is 5.82 Å². The van der Waals surface area contributed by atoms with Crippen molar-refractivity contribution in [2.75, 3.05) is 18.0 Å². The van der Waals surface area contributed by atoms with Crippen LogP contribution in [0.2, 0.25) is 0 Å². The first-order chi connectivity index (χ1) is 13.3. The molecule has 4 heterocycles. The molecule has 27 heavy (non-hydrogen) atoms. The van der Waals surface area contributed by atoms with Crippen LogP contribution in [-0.4, -0.2) is 47.6 Å². The summed E-state index contributed by atoms with van der Waals surface area (Å²) in [4.78, 5) is 11.1. The van der Waals surface area contributed by atoms with E-state index in [1.165, 1.54) is 12.8 Å². The van der Waals surface area contributed by atoms with Crippen molar-refractivity contribution in [3.8, 4) is 0 Å². The molecule has 1 saturated carbocycles. The summed E-state index contributed by atoms with van der Waals surface area (Å²) in [6.45, 7) is 4.62. The maximum atomic E-state index is 4.62. The van der Waals surface area contributed by atoms with Crippen LogP contribution in [0.15, 0.2) is 30.7 Å². The smallest absolute Gasteiger partial charge is 0.155 e. The van der Waals surface area contributed by atoms with E-state index in [2.05, 4.69) is 34.7 Å². The van der Waals surface area contributed by atoms with Crippen LogP contribution in [0.5, 0.6) is 0 Å². The van der Waals surface area contributed by atoms with Gasteiger partial charge in [-0.1, -0.05) is 0 Å². The Bertz CT molecular complexity index is 904. The van der Waals surface area contributed by atoms with Crippen molar-refractivity contribution in [2.24, 2.45) is 0 Å². The monoisotopic (exact) mass is 364 g/mol. The summed E-state index contributed by atoms with van der Waals surface area (Å²) in [6, 6.07) is 4.52. The highest BCUT2D eigenvalue weighted by Crippen LogP contribution is 2.40. The van der Waals surface area contributed by atoms with E-state index < -0.39 is 0 Å². The molecule has 1 aliphatic heterocycles. The third-order valence-corrected chi connectivity index (χ3v) is 5.51. The normalized spacial score (nSPS) is 18.2. The zero-order valence-corrected chi connectivity index (χ0v) is 15.6. The molecule has 2 aliphatic rings. The molecular formula is C19H24N8. The average Bonchev–Trinajstić information content (AvgIpc) is 3.23. The van der Waals surface area contributed by atoms with Crippen molar-refractivity contribution in [1.29, 1.82) is 0 Å². The fourth-order valence-electron chi connectivity index (χ4n) is 3.98. The Kier molecular flexibility index (Phi) is 4.10. The van der Waals surface area contributed by atoms with Crippen LogP contribution in [0.1, 0.15) is 55.1 Å². The van der Waals surface area contributed by atoms with Crippen LogP contribution < -0.4 is 4.90 Å². The van der Waals surface area contributed by atoms with Crippen LogP contribution in [-0.2, 0) is 6.54 Å². The standard InChI is InChI=1S/C19H24N8/c1-14-20-9-5-17(22-14)25-11-6-15(7-12-25)19-24-23-18(27(19)16-3-4-16)13-26-10-2-8-21-26/h2,5,8-10,15-16H,3-4,6-7,11-13H2,1H3. The van der Waals surface area contributed by atoms with Gasteiger partial charge in [-0.2, -0.15) is 5.10 Å². The zero-order chi connectivity index (χ0) is 18.2. The summed E-state index contributed by atoms with van der Waals surface area (Å²) in [6.07, 6.45) is 10.3. The molecule has 0 radical (unpaired) electrons. The average molecular weight is 364 g/mol. The van der Waals surface area contributed by atoms with Gasteiger partial charge in [0.1, 0.15) is 24.0 Å². The van der Waals surface area contributed by atoms with Crippen LogP contribution >= 0.6 is 0 Å². The van der Waals surface area contributed by atoms with E-state index in [1.54, 1.807) is 0 Å². The van der Waals surface area contributed by atoms with Crippen LogP contribution in [0.25, 0.3) is 0 Å². The van der Waals surface area contributed by atoms with Gasteiger partial charge >= 0.3 is 0 Å². The zero-order valence-electron chi connectivity index (χ0n) is 15.6. The van der Waals surface area contributed by atoms with Crippen molar-refractivity contribution >= 4 is 5.82 Å². The lowest BCUT2D eigenvalue weighted by molar-refractivity contribution is 0.458. The molecule has 0 N–H and O–H groups in total. The number of hydrogen-bond donors (Lipinski definition) is 0. The molecular weight excluding hydrogens is 340 g/mol. The summed E-state index contributed by atoms with van der Waals surface area (Å²) in [5.74, 6) is 4.52. The molecule has 0 aromatic carbocycles. The molecule has 2 fully saturated rings. The van der Waals surface area contributed by atoms with Gasteiger partial charge in [-0.25, -0.2) is 9.97 Å². The first kappa shape index (κ1) is 16.4. The lowest BCUT2D eigenvalue weighted by Crippen LogP contribution is -2.34. The van der Waals surface area contributed by atoms with Crippen molar-refractivity contribution in [1.82, 2.24) is 34.5 Å². The summed E-state index contributed by atoms with van der Waals surface area (Å²) in [5, 5.41) is 13.5. The molecule has 0 atom stereocenters. The van der Waals surface area contributed by atoms with Crippen molar-refractivity contribution in [3.05, 3.63) is 48.2 Å². The minimum atomic E-state index is 0.462. The number of anilines is 1. The minimum absolute atomic E-state index is 0.462. The molecule has 3 aromatic rings. The Morgan fingerprint density at radius 3 is 2.63 bits per heavy atom. The summed E-state index contributed by atoms with van der Waals surface area (Å²) in [5.41, 5.74) is 0. The van der Waals surface area contributed by atoms with Gasteiger partial charge in [-0.3, -0.25) is 4.68 Å². The Morgan fingerprint density at radius 1 is 1.07 bits per heavy atom. The van der Waals surface area contributed by atoms with E-state index in [0.717, 1.165) is 49.2 Å². The lowest BCUT2D eigenvalue weighted by atomic mass is 9.96. The van der Waals surface area contributed by atoms with Crippen LogP contribution in [0, 0.1) is 6.92 Å². The molecule has 0 amide bonds. The van der Waals surface area contributed by atoms with Gasteiger partial charge in [-0.05, 0) is 44.7 Å². The Morgan fingerprint density at radius 2 is 1.93 bits per heavy atom. The topological polar surface area (TPSA) is 77.5 Å². The lowest BCUT2D eigenvalue weighted by Gasteiger charge is -2.32. The van der Waals surface area contributed by atoms with E-state index >= 15 is 0 Å². The SMILES string of the molecule is Cc1nccc(N2CCC(c3nnc(Cn4cccn4)n3C3CC3)CC2)n1. The minimum Gasteiger partial charge on any atom is -0.356 e. The molecule has 5 rings (SSSR count). The van der Waals surface area contributed by atoms with E-state index in [1.807, 2.05) is 42.3 Å². The molecule has 1 saturated heterocycles. The number of hydrogen-bond acceptors (Lipinski definition) is 6. The highest BCUT2D eigenvalue weighted by molar-refractivity contribution is 5.38. The molecule has 140 valence electrons. The van der Waals surface area contributed by atoms with Gasteiger partial charge in [0, 0.05) is 43.6 Å². The first-order valence-electron chi connectivity index (χ1n) is 9.73. The summed E-state index contributed by atoms with van der Waals surface area (Å²) >= 11 is 0. The van der Waals surface area contributed by atoms with Crippen LogP contribution in [0.4, 0.5) is 5.82 Å². The molecule has 0 unspecified atom stereocenters. The number of piperidine rings is 1. The quantitative estimate of drug-likeness (QED) is 0.691. The molecule has 8 heteroatoms. The highest BCUT2D eigenvalue weighted by Gasteiger charge is 2.33. The second-order valence-electron chi connectivity index (χ2n) is 7.50. The first-order valence-corrected chi connectivity index (χ1v) is 9.73. The molecule has 0 bridgehead atoms. The van der Waals surface area contributed by atoms with Crippen molar-refractivity contribution in [3.63, 3.8) is 0 Å². The van der Waals surface area contributed by atoms with Crippen molar-refractivity contribution in [2.45, 2.75) is 51.1 Å². The summed E-state index contributed by atoms with van der Waals surface area (Å²) in [7, 11) is 0.